The van der Waals surface area contributed by atoms with Crippen molar-refractivity contribution in [3.8, 4) is 12.3 Å². The molecule has 1 unspecified atom stereocenters. The normalized spacial score (nSPS) is 17.3. The van der Waals surface area contributed by atoms with Crippen LogP contribution in [0.1, 0.15) is 42.4 Å². The molecule has 1 atom stereocenters. The van der Waals surface area contributed by atoms with Crippen molar-refractivity contribution >= 4 is 17.5 Å². The van der Waals surface area contributed by atoms with Gasteiger partial charge in [-0.2, -0.15) is 0 Å². The van der Waals surface area contributed by atoms with Crippen LogP contribution < -0.4 is 5.32 Å². The molecule has 1 N–H and O–H groups in total. The van der Waals surface area contributed by atoms with Gasteiger partial charge in [-0.3, -0.25) is 9.59 Å². The molecule has 4 heteroatoms. The summed E-state index contributed by atoms with van der Waals surface area (Å²) in [4.78, 5) is 28.1. The molecule has 2 amide bonds. The molecule has 1 heterocycles. The molecule has 0 spiro atoms. The van der Waals surface area contributed by atoms with E-state index in [0.29, 0.717) is 25.1 Å². The Balaban J connectivity index is 1.50. The molecular weight excluding hydrogens is 396 g/mol. The molecule has 160 valence electrons. The van der Waals surface area contributed by atoms with E-state index in [9.17, 15) is 9.59 Å². The first-order chi connectivity index (χ1) is 15.5. The van der Waals surface area contributed by atoms with Gasteiger partial charge in [-0.1, -0.05) is 66.6 Å². The number of likely N-dealkylation sites (tertiary alicyclic amines) is 1. The molecule has 0 saturated carbocycles. The number of terminal acetylenes is 1. The fourth-order valence-electron chi connectivity index (χ4n) is 4.19. The van der Waals surface area contributed by atoms with Crippen molar-refractivity contribution < 1.29 is 9.59 Å². The summed E-state index contributed by atoms with van der Waals surface area (Å²) < 4.78 is 0. The van der Waals surface area contributed by atoms with Crippen molar-refractivity contribution in [2.75, 3.05) is 11.9 Å². The van der Waals surface area contributed by atoms with Gasteiger partial charge in [-0.05, 0) is 48.7 Å². The summed E-state index contributed by atoms with van der Waals surface area (Å²) >= 11 is 0. The lowest BCUT2D eigenvalue weighted by Gasteiger charge is -2.49. The zero-order valence-corrected chi connectivity index (χ0v) is 18.1. The number of benzene rings is 3. The first-order valence-corrected chi connectivity index (χ1v) is 10.8. The van der Waals surface area contributed by atoms with Crippen LogP contribution >= 0.6 is 0 Å². The highest BCUT2D eigenvalue weighted by atomic mass is 16.2. The summed E-state index contributed by atoms with van der Waals surface area (Å²) in [7, 11) is 0. The minimum absolute atomic E-state index is 0.0192. The van der Waals surface area contributed by atoms with E-state index in [1.165, 1.54) is 0 Å². The number of amides is 2. The Hall–Kier alpha value is -3.84. The summed E-state index contributed by atoms with van der Waals surface area (Å²) in [6.07, 6.45) is 6.34. The van der Waals surface area contributed by atoms with Gasteiger partial charge in [0.25, 0.3) is 0 Å². The minimum Gasteiger partial charge on any atom is -0.328 e. The van der Waals surface area contributed by atoms with Crippen molar-refractivity contribution in [1.82, 2.24) is 4.90 Å². The van der Waals surface area contributed by atoms with Crippen LogP contribution in [-0.2, 0) is 9.59 Å². The molecule has 3 aromatic rings. The topological polar surface area (TPSA) is 49.4 Å². The molecule has 32 heavy (non-hydrogen) atoms. The molecule has 1 saturated heterocycles. The number of hydrogen-bond donors (Lipinski definition) is 1. The van der Waals surface area contributed by atoms with E-state index in [1.54, 1.807) is 29.2 Å². The molecule has 0 bridgehead atoms. The van der Waals surface area contributed by atoms with Gasteiger partial charge < -0.3 is 10.2 Å². The van der Waals surface area contributed by atoms with E-state index in [1.807, 2.05) is 67.6 Å². The Morgan fingerprint density at radius 1 is 0.969 bits per heavy atom. The fraction of sp³-hybridized carbons (Fsp3) is 0.214. The Morgan fingerprint density at radius 2 is 1.53 bits per heavy atom. The highest BCUT2D eigenvalue weighted by Gasteiger charge is 2.49. The van der Waals surface area contributed by atoms with Crippen LogP contribution in [0.25, 0.3) is 0 Å². The second kappa shape index (κ2) is 9.11. The highest BCUT2D eigenvalue weighted by Crippen LogP contribution is 2.35. The first kappa shape index (κ1) is 21.4. The quantitative estimate of drug-likeness (QED) is 0.579. The van der Waals surface area contributed by atoms with Gasteiger partial charge in [0.05, 0.1) is 0 Å². The predicted molar refractivity (Wildman–Crippen MR) is 127 cm³/mol. The zero-order chi connectivity index (χ0) is 22.6. The molecule has 0 radical (unpaired) electrons. The molecule has 3 aromatic carbocycles. The number of hydrogen-bond acceptors (Lipinski definition) is 2. The number of anilines is 1. The average Bonchev–Trinajstić information content (AvgIpc) is 2.83. The van der Waals surface area contributed by atoms with Gasteiger partial charge >= 0.3 is 0 Å². The lowest BCUT2D eigenvalue weighted by molar-refractivity contribution is -0.154. The second-order valence-corrected chi connectivity index (χ2v) is 8.32. The van der Waals surface area contributed by atoms with Crippen molar-refractivity contribution in [2.45, 2.75) is 31.2 Å². The lowest BCUT2D eigenvalue weighted by Crippen LogP contribution is -2.66. The summed E-state index contributed by atoms with van der Waals surface area (Å²) in [6, 6.07) is 27.2. The van der Waals surface area contributed by atoms with Gasteiger partial charge in [0.15, 0.2) is 0 Å². The van der Waals surface area contributed by atoms with Crippen LogP contribution in [0, 0.1) is 12.3 Å². The van der Waals surface area contributed by atoms with Crippen LogP contribution in [0.5, 0.6) is 0 Å². The third-order valence-electron chi connectivity index (χ3n) is 6.30. The third-order valence-corrected chi connectivity index (χ3v) is 6.30. The van der Waals surface area contributed by atoms with Crippen molar-refractivity contribution in [3.63, 3.8) is 0 Å². The van der Waals surface area contributed by atoms with E-state index in [2.05, 4.69) is 11.2 Å². The van der Waals surface area contributed by atoms with Gasteiger partial charge in [0.2, 0.25) is 11.8 Å². The molecule has 0 aromatic heterocycles. The maximum atomic E-state index is 13.4. The second-order valence-electron chi connectivity index (χ2n) is 8.32. The van der Waals surface area contributed by atoms with Crippen LogP contribution in [0.3, 0.4) is 0 Å². The standard InChI is InChI=1S/C28H26N2O2/c1-3-21-14-16-24(17-15-21)29-27(32)28(2)18-19-30(28)26(31)20-25(22-10-6-4-7-11-22)23-12-8-5-9-13-23/h1,4-17,25H,18-20H2,2H3,(H,29,32). The van der Waals surface area contributed by atoms with Crippen LogP contribution in [0.4, 0.5) is 5.69 Å². The molecule has 1 fully saturated rings. The monoisotopic (exact) mass is 422 g/mol. The Bertz CT molecular complexity index is 1090. The van der Waals surface area contributed by atoms with E-state index >= 15 is 0 Å². The van der Waals surface area contributed by atoms with E-state index in [-0.39, 0.29) is 17.7 Å². The van der Waals surface area contributed by atoms with Crippen molar-refractivity contribution in [1.29, 1.82) is 0 Å². The van der Waals surface area contributed by atoms with Crippen molar-refractivity contribution in [2.24, 2.45) is 0 Å². The summed E-state index contributed by atoms with van der Waals surface area (Å²) in [5.41, 5.74) is 2.74. The number of carbonyl (C=O) groups excluding carboxylic acids is 2. The smallest absolute Gasteiger partial charge is 0.250 e. The van der Waals surface area contributed by atoms with Gasteiger partial charge in [-0.25, -0.2) is 0 Å². The third kappa shape index (κ3) is 4.29. The minimum atomic E-state index is -0.861. The van der Waals surface area contributed by atoms with Crippen molar-refractivity contribution in [3.05, 3.63) is 102 Å². The van der Waals surface area contributed by atoms with Gasteiger partial charge in [0.1, 0.15) is 5.54 Å². The van der Waals surface area contributed by atoms with Crippen LogP contribution in [-0.4, -0.2) is 28.8 Å². The summed E-state index contributed by atoms with van der Waals surface area (Å²) in [5, 5.41) is 2.94. The molecule has 4 nitrogen and oxygen atoms in total. The number of nitrogens with zero attached hydrogens (tertiary/aromatic N) is 1. The first-order valence-electron chi connectivity index (χ1n) is 10.8. The van der Waals surface area contributed by atoms with Gasteiger partial charge in [0, 0.05) is 30.1 Å². The maximum Gasteiger partial charge on any atom is 0.250 e. The van der Waals surface area contributed by atoms with E-state index < -0.39 is 5.54 Å². The Morgan fingerprint density at radius 3 is 2.00 bits per heavy atom. The molecule has 0 aliphatic carbocycles. The Kier molecular flexibility index (Phi) is 6.09. The maximum absolute atomic E-state index is 13.4. The van der Waals surface area contributed by atoms with E-state index in [4.69, 9.17) is 6.42 Å². The summed E-state index contributed by atoms with van der Waals surface area (Å²) in [5.74, 6) is 2.30. The molecular formula is C28H26N2O2. The van der Waals surface area contributed by atoms with Crippen LogP contribution in [0.15, 0.2) is 84.9 Å². The largest absolute Gasteiger partial charge is 0.328 e. The predicted octanol–water partition coefficient (Wildman–Crippen LogP) is 4.82. The Labute approximate surface area is 189 Å². The number of nitrogens with one attached hydrogen (secondary N) is 1. The highest BCUT2D eigenvalue weighted by molar-refractivity contribution is 6.01. The number of rotatable bonds is 6. The molecule has 1 aliphatic rings. The van der Waals surface area contributed by atoms with Gasteiger partial charge in [-0.15, -0.1) is 6.42 Å². The van der Waals surface area contributed by atoms with E-state index in [0.717, 1.165) is 16.7 Å². The summed E-state index contributed by atoms with van der Waals surface area (Å²) in [6.45, 7) is 2.41. The fourth-order valence-corrected chi connectivity index (χ4v) is 4.19. The average molecular weight is 423 g/mol. The number of carbonyl (C=O) groups is 2. The van der Waals surface area contributed by atoms with Crippen LogP contribution in [0.2, 0.25) is 0 Å². The molecule has 4 rings (SSSR count). The zero-order valence-electron chi connectivity index (χ0n) is 18.1. The molecule has 1 aliphatic heterocycles. The SMILES string of the molecule is C#Cc1ccc(NC(=O)C2(C)CCN2C(=O)CC(c2ccccc2)c2ccccc2)cc1. The lowest BCUT2D eigenvalue weighted by atomic mass is 9.82.